The maximum Gasteiger partial charge on any atom is 0.239 e. The topological polar surface area (TPSA) is 118 Å². The number of carbonyl (C=O) groups excluding carboxylic acids is 2. The van der Waals surface area contributed by atoms with E-state index in [-0.39, 0.29) is 24.3 Å². The normalized spacial score (nSPS) is 21.5. The van der Waals surface area contributed by atoms with Crippen LogP contribution >= 0.6 is 0 Å². The van der Waals surface area contributed by atoms with Gasteiger partial charge in [-0.25, -0.2) is 5.01 Å². The molecule has 4 N–H and O–H groups in total. The molecule has 1 saturated heterocycles. The number of hydrogen-bond acceptors (Lipinski definition) is 7. The monoisotopic (exact) mass is 652 g/mol. The van der Waals surface area contributed by atoms with Gasteiger partial charge in [-0.05, 0) is 48.1 Å². The lowest BCUT2D eigenvalue weighted by molar-refractivity contribution is -0.137. The lowest BCUT2D eigenvalue weighted by atomic mass is 9.89. The summed E-state index contributed by atoms with van der Waals surface area (Å²) in [6.45, 7) is 8.19. The molecule has 4 aromatic rings. The highest BCUT2D eigenvalue weighted by Crippen LogP contribution is 2.32. The van der Waals surface area contributed by atoms with Crippen LogP contribution < -0.4 is 10.7 Å². The van der Waals surface area contributed by atoms with Gasteiger partial charge >= 0.3 is 0 Å². The first-order valence-electron chi connectivity index (χ1n) is 17.1. The van der Waals surface area contributed by atoms with Crippen LogP contribution in [0.2, 0.25) is 0 Å². The van der Waals surface area contributed by atoms with Crippen molar-refractivity contribution >= 4 is 22.8 Å². The van der Waals surface area contributed by atoms with Gasteiger partial charge in [0.15, 0.2) is 0 Å². The number of aliphatic hydroxyl groups is 2. The van der Waals surface area contributed by atoms with Crippen molar-refractivity contribution in [3.05, 3.63) is 107 Å². The molecule has 254 valence electrons. The fraction of sp³-hybridized carbons (Fsp3) is 0.436. The van der Waals surface area contributed by atoms with Gasteiger partial charge in [-0.1, -0.05) is 93.6 Å². The summed E-state index contributed by atoms with van der Waals surface area (Å²) in [6.07, 6.45) is 0.0571. The Hall–Kier alpha value is -4.02. The Morgan fingerprint density at radius 3 is 2.48 bits per heavy atom. The van der Waals surface area contributed by atoms with E-state index >= 15 is 0 Å². The molecule has 6 rings (SSSR count). The third-order valence-electron chi connectivity index (χ3n) is 9.65. The van der Waals surface area contributed by atoms with E-state index in [1.807, 2.05) is 105 Å². The highest BCUT2D eigenvalue weighted by atomic mass is 16.3. The molecular formula is C39H48N4O5. The molecule has 5 atom stereocenters. The predicted octanol–water partition coefficient (Wildman–Crippen LogP) is 4.77. The number of nitrogens with zero attached hydrogens (tertiary/aromatic N) is 2. The van der Waals surface area contributed by atoms with Crippen molar-refractivity contribution in [3.8, 4) is 0 Å². The van der Waals surface area contributed by atoms with Crippen LogP contribution in [0.5, 0.6) is 0 Å². The standard InChI is InChI=1S/C39H48N4O5/c1-39(2,3)38(47)41-43-18-17-42(25-32-21-28-14-8-10-16-35(28)48-32)24-30(43)23-31(44)20-29(19-26-11-5-4-6-12-26)37(46)40-36-33-15-9-7-13-27(33)22-34(36)45/h4-16,21,29-31,34,36,44-45H,17-20,22-25H2,1-3H3,(H,40,46)(H,41,47)/t29?,30-,31?,34-,36-/m0/s1. The fourth-order valence-corrected chi connectivity index (χ4v) is 6.98. The lowest BCUT2D eigenvalue weighted by Crippen LogP contribution is -2.61. The van der Waals surface area contributed by atoms with Crippen LogP contribution in [0.15, 0.2) is 89.3 Å². The number of hydrogen-bond donors (Lipinski definition) is 4. The van der Waals surface area contributed by atoms with Crippen molar-refractivity contribution in [3.63, 3.8) is 0 Å². The number of rotatable bonds is 11. The zero-order chi connectivity index (χ0) is 33.8. The largest absolute Gasteiger partial charge is 0.460 e. The second kappa shape index (κ2) is 14.6. The molecule has 1 aliphatic heterocycles. The summed E-state index contributed by atoms with van der Waals surface area (Å²) in [5, 5.41) is 28.6. The second-order valence-electron chi connectivity index (χ2n) is 14.5. The Morgan fingerprint density at radius 2 is 1.71 bits per heavy atom. The first-order chi connectivity index (χ1) is 23.0. The van der Waals surface area contributed by atoms with Crippen molar-refractivity contribution in [2.45, 2.75) is 77.3 Å². The zero-order valence-corrected chi connectivity index (χ0v) is 28.1. The van der Waals surface area contributed by atoms with E-state index < -0.39 is 29.6 Å². The first kappa shape index (κ1) is 33.9. The number of fused-ring (bicyclic) bond motifs is 2. The molecule has 2 aliphatic rings. The van der Waals surface area contributed by atoms with Crippen molar-refractivity contribution < 1.29 is 24.2 Å². The third kappa shape index (κ3) is 8.15. The number of furan rings is 1. The summed E-state index contributed by atoms with van der Waals surface area (Å²) in [5.74, 6) is 0.0873. The van der Waals surface area contributed by atoms with Gasteiger partial charge in [-0.2, -0.15) is 0 Å². The maximum absolute atomic E-state index is 13.9. The molecule has 3 aromatic carbocycles. The van der Waals surface area contributed by atoms with Gasteiger partial charge in [-0.15, -0.1) is 0 Å². The number of aliphatic hydroxyl groups excluding tert-OH is 2. The number of para-hydroxylation sites is 1. The van der Waals surface area contributed by atoms with Gasteiger partial charge in [-0.3, -0.25) is 19.9 Å². The van der Waals surface area contributed by atoms with Gasteiger partial charge in [0.2, 0.25) is 11.8 Å². The molecule has 9 heteroatoms. The molecule has 1 aromatic heterocycles. The predicted molar refractivity (Wildman–Crippen MR) is 185 cm³/mol. The fourth-order valence-electron chi connectivity index (χ4n) is 6.98. The van der Waals surface area contributed by atoms with Crippen molar-refractivity contribution in [2.75, 3.05) is 19.6 Å². The molecule has 0 spiro atoms. The van der Waals surface area contributed by atoms with Gasteiger partial charge in [0, 0.05) is 48.8 Å². The minimum Gasteiger partial charge on any atom is -0.460 e. The highest BCUT2D eigenvalue weighted by molar-refractivity contribution is 5.81. The molecule has 2 heterocycles. The van der Waals surface area contributed by atoms with E-state index in [1.165, 1.54) is 0 Å². The van der Waals surface area contributed by atoms with Crippen LogP contribution in [0.1, 0.15) is 62.1 Å². The molecule has 0 saturated carbocycles. The molecule has 0 bridgehead atoms. The Kier molecular flexibility index (Phi) is 10.3. The molecule has 48 heavy (non-hydrogen) atoms. The summed E-state index contributed by atoms with van der Waals surface area (Å²) in [7, 11) is 0. The quantitative estimate of drug-likeness (QED) is 0.184. The molecule has 1 aliphatic carbocycles. The van der Waals surface area contributed by atoms with Crippen LogP contribution in [-0.2, 0) is 29.0 Å². The molecule has 9 nitrogen and oxygen atoms in total. The van der Waals surface area contributed by atoms with Gasteiger partial charge in [0.25, 0.3) is 0 Å². The molecule has 2 unspecified atom stereocenters. The Labute approximate surface area is 282 Å². The average molecular weight is 653 g/mol. The van der Waals surface area contributed by atoms with E-state index in [2.05, 4.69) is 21.7 Å². The Morgan fingerprint density at radius 1 is 0.979 bits per heavy atom. The van der Waals surface area contributed by atoms with Crippen molar-refractivity contribution in [1.29, 1.82) is 0 Å². The van der Waals surface area contributed by atoms with E-state index in [1.54, 1.807) is 0 Å². The highest BCUT2D eigenvalue weighted by Gasteiger charge is 2.36. The summed E-state index contributed by atoms with van der Waals surface area (Å²) >= 11 is 0. The molecular weight excluding hydrogens is 604 g/mol. The maximum atomic E-state index is 13.9. The minimum absolute atomic E-state index is 0.0792. The number of carbonyl (C=O) groups is 2. The van der Waals surface area contributed by atoms with Crippen LogP contribution in [0.3, 0.4) is 0 Å². The second-order valence-corrected chi connectivity index (χ2v) is 14.5. The van der Waals surface area contributed by atoms with Gasteiger partial charge in [0.05, 0.1) is 24.8 Å². The summed E-state index contributed by atoms with van der Waals surface area (Å²) in [4.78, 5) is 29.3. The number of nitrogens with one attached hydrogen (secondary N) is 2. The number of amides is 2. The SMILES string of the molecule is CC(C)(C)C(=O)NN1CCN(Cc2cc3ccccc3o2)C[C@@H]1CC(O)CC(Cc1ccccc1)C(=O)N[C@H]1c2ccccc2C[C@@H]1O. The van der Waals surface area contributed by atoms with Crippen LogP contribution in [-0.4, -0.2) is 69.8 Å². The first-order valence-corrected chi connectivity index (χ1v) is 17.1. The summed E-state index contributed by atoms with van der Waals surface area (Å²) < 4.78 is 6.11. The van der Waals surface area contributed by atoms with E-state index in [0.717, 1.165) is 40.0 Å². The van der Waals surface area contributed by atoms with Gasteiger partial charge in [0.1, 0.15) is 11.3 Å². The van der Waals surface area contributed by atoms with Crippen LogP contribution in [0.4, 0.5) is 0 Å². The van der Waals surface area contributed by atoms with E-state index in [0.29, 0.717) is 38.9 Å². The average Bonchev–Trinajstić information content (AvgIpc) is 3.61. The lowest BCUT2D eigenvalue weighted by Gasteiger charge is -2.42. The van der Waals surface area contributed by atoms with Crippen LogP contribution in [0.25, 0.3) is 11.0 Å². The number of hydrazine groups is 1. The molecule has 0 radical (unpaired) electrons. The van der Waals surface area contributed by atoms with Crippen molar-refractivity contribution in [2.24, 2.45) is 11.3 Å². The Balaban J connectivity index is 1.17. The summed E-state index contributed by atoms with van der Waals surface area (Å²) in [5.41, 5.74) is 6.39. The number of piperazine rings is 1. The van der Waals surface area contributed by atoms with E-state index in [4.69, 9.17) is 4.42 Å². The molecule has 2 amide bonds. The third-order valence-corrected chi connectivity index (χ3v) is 9.65. The minimum atomic E-state index is -0.810. The van der Waals surface area contributed by atoms with Crippen LogP contribution in [0, 0.1) is 11.3 Å². The molecule has 1 fully saturated rings. The Bertz CT molecular complexity index is 1670. The summed E-state index contributed by atoms with van der Waals surface area (Å²) in [6, 6.07) is 27.0. The number of benzene rings is 3. The smallest absolute Gasteiger partial charge is 0.239 e. The zero-order valence-electron chi connectivity index (χ0n) is 28.1. The van der Waals surface area contributed by atoms with Gasteiger partial charge < -0.3 is 19.9 Å². The van der Waals surface area contributed by atoms with E-state index in [9.17, 15) is 19.8 Å². The van der Waals surface area contributed by atoms with Crippen molar-refractivity contribution in [1.82, 2.24) is 20.7 Å².